The van der Waals surface area contributed by atoms with E-state index < -0.39 is 0 Å². The van der Waals surface area contributed by atoms with Gasteiger partial charge in [0.25, 0.3) is 0 Å². The molecule has 2 aliphatic rings. The standard InChI is InChI=1S/C38H36N2O2/c1-23-19-35-33(21-31(23)27-7-3-4-8-27)39-37(41-35)29-15-11-25(12-16-29)26-13-17-30(18-14-26)38-40-34-22-32(28-9-5-6-10-28)24(2)20-36(34)42-38/h11-22,27-28H,3-10H2,1-2H3. The molecule has 2 saturated carbocycles. The van der Waals surface area contributed by atoms with E-state index in [1.807, 2.05) is 0 Å². The van der Waals surface area contributed by atoms with Crippen molar-refractivity contribution in [2.45, 2.75) is 77.0 Å². The number of benzene rings is 4. The Balaban J connectivity index is 1.03. The van der Waals surface area contributed by atoms with E-state index in [0.29, 0.717) is 23.6 Å². The Morgan fingerprint density at radius 2 is 0.857 bits per heavy atom. The molecule has 0 bridgehead atoms. The summed E-state index contributed by atoms with van der Waals surface area (Å²) < 4.78 is 12.4. The monoisotopic (exact) mass is 552 g/mol. The molecule has 4 heteroatoms. The second-order valence-electron chi connectivity index (χ2n) is 12.5. The molecule has 0 radical (unpaired) electrons. The van der Waals surface area contributed by atoms with Gasteiger partial charge in [-0.1, -0.05) is 49.9 Å². The summed E-state index contributed by atoms with van der Waals surface area (Å²) in [6.45, 7) is 4.40. The number of hydrogen-bond donors (Lipinski definition) is 0. The average molecular weight is 553 g/mol. The second kappa shape index (κ2) is 10.3. The minimum Gasteiger partial charge on any atom is -0.436 e. The van der Waals surface area contributed by atoms with E-state index in [0.717, 1.165) is 44.5 Å². The van der Waals surface area contributed by atoms with Crippen molar-refractivity contribution in [3.05, 3.63) is 95.1 Å². The first-order valence-electron chi connectivity index (χ1n) is 15.6. The van der Waals surface area contributed by atoms with Crippen LogP contribution < -0.4 is 0 Å². The van der Waals surface area contributed by atoms with Gasteiger partial charge < -0.3 is 8.83 Å². The number of hydrogen-bond acceptors (Lipinski definition) is 4. The Kier molecular flexibility index (Phi) is 6.24. The van der Waals surface area contributed by atoms with Gasteiger partial charge in [0.1, 0.15) is 11.0 Å². The third-order valence-electron chi connectivity index (χ3n) is 9.74. The van der Waals surface area contributed by atoms with Crippen LogP contribution in [-0.2, 0) is 0 Å². The van der Waals surface area contributed by atoms with Crippen molar-refractivity contribution in [1.82, 2.24) is 9.97 Å². The largest absolute Gasteiger partial charge is 0.436 e. The summed E-state index contributed by atoms with van der Waals surface area (Å²) in [5.74, 6) is 2.69. The third-order valence-corrected chi connectivity index (χ3v) is 9.74. The molecule has 0 saturated heterocycles. The van der Waals surface area contributed by atoms with Crippen molar-refractivity contribution in [2.24, 2.45) is 0 Å². The van der Waals surface area contributed by atoms with Gasteiger partial charge in [0.2, 0.25) is 11.8 Å². The lowest BCUT2D eigenvalue weighted by Gasteiger charge is -2.12. The zero-order valence-electron chi connectivity index (χ0n) is 24.5. The molecule has 0 unspecified atom stereocenters. The number of oxazole rings is 2. The number of rotatable bonds is 5. The van der Waals surface area contributed by atoms with E-state index >= 15 is 0 Å². The lowest BCUT2D eigenvalue weighted by Crippen LogP contribution is -1.95. The molecule has 42 heavy (non-hydrogen) atoms. The molecular formula is C38H36N2O2. The van der Waals surface area contributed by atoms with Crippen LogP contribution in [0.15, 0.2) is 81.6 Å². The molecule has 2 aromatic heterocycles. The van der Waals surface area contributed by atoms with Crippen LogP contribution >= 0.6 is 0 Å². The fraction of sp³-hybridized carbons (Fsp3) is 0.316. The summed E-state index contributed by atoms with van der Waals surface area (Å²) >= 11 is 0. The molecule has 0 N–H and O–H groups in total. The van der Waals surface area contributed by atoms with E-state index in [2.05, 4.69) is 86.6 Å². The molecule has 2 fully saturated rings. The Hall–Kier alpha value is -4.18. The molecule has 4 aromatic carbocycles. The van der Waals surface area contributed by atoms with Crippen LogP contribution in [0.4, 0.5) is 0 Å². The first-order chi connectivity index (χ1) is 20.6. The molecule has 8 rings (SSSR count). The van der Waals surface area contributed by atoms with Gasteiger partial charge in [-0.05, 0) is 133 Å². The minimum absolute atomic E-state index is 0.668. The smallest absolute Gasteiger partial charge is 0.227 e. The predicted octanol–water partition coefficient (Wildman–Crippen LogP) is 10.9. The maximum atomic E-state index is 6.20. The van der Waals surface area contributed by atoms with Gasteiger partial charge in [-0.2, -0.15) is 0 Å². The lowest BCUT2D eigenvalue weighted by atomic mass is 9.93. The Labute approximate surface area is 246 Å². The highest BCUT2D eigenvalue weighted by molar-refractivity contribution is 5.80. The molecule has 210 valence electrons. The maximum Gasteiger partial charge on any atom is 0.227 e. The quantitative estimate of drug-likeness (QED) is 0.213. The molecule has 2 heterocycles. The Bertz CT molecular complexity index is 1760. The van der Waals surface area contributed by atoms with Crippen LogP contribution in [-0.4, -0.2) is 9.97 Å². The summed E-state index contributed by atoms with van der Waals surface area (Å²) in [6, 6.07) is 25.8. The summed E-state index contributed by atoms with van der Waals surface area (Å²) in [7, 11) is 0. The molecule has 0 amide bonds. The van der Waals surface area contributed by atoms with Crippen LogP contribution in [0.5, 0.6) is 0 Å². The SMILES string of the molecule is Cc1cc2oc(-c3ccc(-c4ccc(-c5nc6cc(C7CCCC7)c(C)cc6o5)cc4)cc3)nc2cc1C1CCCC1. The van der Waals surface area contributed by atoms with Gasteiger partial charge in [0, 0.05) is 11.1 Å². The van der Waals surface area contributed by atoms with Gasteiger partial charge in [-0.15, -0.1) is 0 Å². The zero-order chi connectivity index (χ0) is 28.2. The first-order valence-corrected chi connectivity index (χ1v) is 15.6. The molecule has 4 nitrogen and oxygen atoms in total. The van der Waals surface area contributed by atoms with Gasteiger partial charge in [-0.3, -0.25) is 0 Å². The van der Waals surface area contributed by atoms with E-state index in [9.17, 15) is 0 Å². The molecular weight excluding hydrogens is 516 g/mol. The molecule has 2 aliphatic carbocycles. The molecule has 6 aromatic rings. The van der Waals surface area contributed by atoms with E-state index in [1.54, 1.807) is 0 Å². The molecule has 0 aliphatic heterocycles. The Morgan fingerprint density at radius 3 is 1.24 bits per heavy atom. The van der Waals surface area contributed by atoms with Crippen molar-refractivity contribution in [3.8, 4) is 34.0 Å². The number of fused-ring (bicyclic) bond motifs is 2. The highest BCUT2D eigenvalue weighted by Gasteiger charge is 2.22. The zero-order valence-corrected chi connectivity index (χ0v) is 24.5. The highest BCUT2D eigenvalue weighted by atomic mass is 16.4. The van der Waals surface area contributed by atoms with Crippen LogP contribution in [0.3, 0.4) is 0 Å². The van der Waals surface area contributed by atoms with Crippen LogP contribution in [0, 0.1) is 13.8 Å². The van der Waals surface area contributed by atoms with E-state index in [-0.39, 0.29) is 0 Å². The molecule has 0 spiro atoms. The number of aromatic nitrogens is 2. The summed E-state index contributed by atoms with van der Waals surface area (Å²) in [5, 5.41) is 0. The van der Waals surface area contributed by atoms with Crippen LogP contribution in [0.1, 0.15) is 85.5 Å². The van der Waals surface area contributed by atoms with Crippen molar-refractivity contribution in [2.75, 3.05) is 0 Å². The summed E-state index contributed by atoms with van der Waals surface area (Å²) in [6.07, 6.45) is 10.5. The Morgan fingerprint density at radius 1 is 0.500 bits per heavy atom. The first kappa shape index (κ1) is 25.5. The summed E-state index contributed by atoms with van der Waals surface area (Å²) in [4.78, 5) is 9.74. The predicted molar refractivity (Wildman–Crippen MR) is 170 cm³/mol. The topological polar surface area (TPSA) is 52.1 Å². The van der Waals surface area contributed by atoms with Crippen molar-refractivity contribution >= 4 is 22.2 Å². The third kappa shape index (κ3) is 4.54. The summed E-state index contributed by atoms with van der Waals surface area (Å²) in [5.41, 5.74) is 13.5. The fourth-order valence-corrected chi connectivity index (χ4v) is 7.39. The maximum absolute atomic E-state index is 6.20. The lowest BCUT2D eigenvalue weighted by molar-refractivity contribution is 0.618. The van der Waals surface area contributed by atoms with Gasteiger partial charge in [0.05, 0.1) is 0 Å². The van der Waals surface area contributed by atoms with Crippen LogP contribution in [0.2, 0.25) is 0 Å². The van der Waals surface area contributed by atoms with Crippen LogP contribution in [0.25, 0.3) is 56.2 Å². The van der Waals surface area contributed by atoms with Gasteiger partial charge in [0.15, 0.2) is 11.2 Å². The van der Waals surface area contributed by atoms with Crippen molar-refractivity contribution < 1.29 is 8.83 Å². The van der Waals surface area contributed by atoms with Gasteiger partial charge in [-0.25, -0.2) is 9.97 Å². The average Bonchev–Trinajstić information content (AvgIpc) is 3.83. The van der Waals surface area contributed by atoms with Gasteiger partial charge >= 0.3 is 0 Å². The van der Waals surface area contributed by atoms with Crippen molar-refractivity contribution in [3.63, 3.8) is 0 Å². The fourth-order valence-electron chi connectivity index (χ4n) is 7.39. The second-order valence-corrected chi connectivity index (χ2v) is 12.5. The molecule has 0 atom stereocenters. The van der Waals surface area contributed by atoms with E-state index in [4.69, 9.17) is 18.8 Å². The van der Waals surface area contributed by atoms with E-state index in [1.165, 1.54) is 73.6 Å². The normalized spacial score (nSPS) is 16.3. The minimum atomic E-state index is 0.668. The van der Waals surface area contributed by atoms with Crippen molar-refractivity contribution in [1.29, 1.82) is 0 Å². The number of aryl methyl sites for hydroxylation is 2. The number of nitrogens with zero attached hydrogens (tertiary/aromatic N) is 2. The highest BCUT2D eigenvalue weighted by Crippen LogP contribution is 2.39.